The summed E-state index contributed by atoms with van der Waals surface area (Å²) in [5.74, 6) is 0.842. The maximum atomic E-state index is 9.49. The van der Waals surface area contributed by atoms with Crippen LogP contribution in [0, 0.1) is 11.3 Å². The van der Waals surface area contributed by atoms with E-state index in [9.17, 15) is 5.26 Å². The summed E-state index contributed by atoms with van der Waals surface area (Å²) in [6.45, 7) is 2.61. The Labute approximate surface area is 159 Å². The maximum Gasteiger partial charge on any atom is 0.134 e. The molecule has 2 aromatic carbocycles. The van der Waals surface area contributed by atoms with Gasteiger partial charge in [-0.2, -0.15) is 5.26 Å². The summed E-state index contributed by atoms with van der Waals surface area (Å²) in [6.07, 6.45) is 1.85. The summed E-state index contributed by atoms with van der Waals surface area (Å²) in [5.41, 5.74) is 3.40. The minimum absolute atomic E-state index is 0.560. The van der Waals surface area contributed by atoms with E-state index in [1.807, 2.05) is 66.9 Å². The number of halogens is 1. The zero-order valence-corrected chi connectivity index (χ0v) is 16.0. The third-order valence-corrected chi connectivity index (χ3v) is 4.90. The van der Waals surface area contributed by atoms with Gasteiger partial charge in [0.15, 0.2) is 0 Å². The molecular weight excluding hydrogens is 396 g/mol. The largest absolute Gasteiger partial charge is 0.494 e. The van der Waals surface area contributed by atoms with Gasteiger partial charge in [-0.1, -0.05) is 28.1 Å². The van der Waals surface area contributed by atoms with E-state index < -0.39 is 0 Å². The van der Waals surface area contributed by atoms with Gasteiger partial charge in [0, 0.05) is 15.4 Å². The third-order valence-electron chi connectivity index (χ3n) is 3.50. The van der Waals surface area contributed by atoms with Gasteiger partial charge in [0.1, 0.15) is 16.8 Å². The molecule has 1 aromatic heterocycles. The van der Waals surface area contributed by atoms with Crippen LogP contribution in [-0.4, -0.2) is 11.6 Å². The predicted molar refractivity (Wildman–Crippen MR) is 106 cm³/mol. The molecule has 3 nitrogen and oxygen atoms in total. The lowest BCUT2D eigenvalue weighted by atomic mass is 10.1. The number of nitriles is 1. The Kier molecular flexibility index (Phi) is 5.64. The number of benzene rings is 2. The molecule has 0 unspecified atom stereocenters. The standard InChI is InChI=1S/C20H15BrN2OS/c1-2-24-18-9-5-15(6-10-18)19-13-25-20(23-19)16(12-22)11-14-3-7-17(21)8-4-14/h3-11,13H,2H2,1H3. The van der Waals surface area contributed by atoms with Crippen molar-refractivity contribution in [2.24, 2.45) is 0 Å². The molecule has 0 N–H and O–H groups in total. The molecule has 0 bridgehead atoms. The van der Waals surface area contributed by atoms with Crippen molar-refractivity contribution in [1.82, 2.24) is 4.98 Å². The first kappa shape index (κ1) is 17.4. The Balaban J connectivity index is 1.86. The van der Waals surface area contributed by atoms with E-state index in [1.165, 1.54) is 11.3 Å². The monoisotopic (exact) mass is 410 g/mol. The van der Waals surface area contributed by atoms with Gasteiger partial charge in [0.05, 0.1) is 17.9 Å². The first-order valence-corrected chi connectivity index (χ1v) is 9.43. The van der Waals surface area contributed by atoms with Crippen molar-refractivity contribution >= 4 is 38.9 Å². The smallest absolute Gasteiger partial charge is 0.134 e. The van der Waals surface area contributed by atoms with Gasteiger partial charge in [0.25, 0.3) is 0 Å². The molecule has 0 aliphatic heterocycles. The van der Waals surface area contributed by atoms with Gasteiger partial charge in [0.2, 0.25) is 0 Å². The average molecular weight is 411 g/mol. The number of rotatable bonds is 5. The lowest BCUT2D eigenvalue weighted by molar-refractivity contribution is 0.340. The summed E-state index contributed by atoms with van der Waals surface area (Å²) < 4.78 is 6.47. The molecule has 0 radical (unpaired) electrons. The Morgan fingerprint density at radius 1 is 1.20 bits per heavy atom. The van der Waals surface area contributed by atoms with Crippen LogP contribution in [0.2, 0.25) is 0 Å². The fraction of sp³-hybridized carbons (Fsp3) is 0.100. The fourth-order valence-corrected chi connectivity index (χ4v) is 3.35. The second-order valence-electron chi connectivity index (χ2n) is 5.22. The number of hydrogen-bond acceptors (Lipinski definition) is 4. The van der Waals surface area contributed by atoms with Gasteiger partial charge in [-0.05, 0) is 55.0 Å². The SMILES string of the molecule is CCOc1ccc(-c2csc(C(C#N)=Cc3ccc(Br)cc3)n2)cc1. The second kappa shape index (κ2) is 8.11. The van der Waals surface area contributed by atoms with E-state index in [0.29, 0.717) is 17.2 Å². The molecule has 3 rings (SSSR count). The molecule has 0 fully saturated rings. The van der Waals surface area contributed by atoms with E-state index >= 15 is 0 Å². The molecule has 0 aliphatic rings. The van der Waals surface area contributed by atoms with Gasteiger partial charge >= 0.3 is 0 Å². The van der Waals surface area contributed by atoms with E-state index in [2.05, 4.69) is 27.0 Å². The van der Waals surface area contributed by atoms with Crippen LogP contribution in [0.5, 0.6) is 5.75 Å². The van der Waals surface area contributed by atoms with Gasteiger partial charge in [-0.25, -0.2) is 4.98 Å². The maximum absolute atomic E-state index is 9.49. The minimum Gasteiger partial charge on any atom is -0.494 e. The summed E-state index contributed by atoms with van der Waals surface area (Å²) in [5, 5.41) is 12.2. The van der Waals surface area contributed by atoms with Crippen molar-refractivity contribution in [2.45, 2.75) is 6.92 Å². The van der Waals surface area contributed by atoms with Crippen molar-refractivity contribution in [2.75, 3.05) is 6.61 Å². The van der Waals surface area contributed by atoms with E-state index in [-0.39, 0.29) is 0 Å². The quantitative estimate of drug-likeness (QED) is 0.481. The lowest BCUT2D eigenvalue weighted by Gasteiger charge is -2.03. The molecule has 5 heteroatoms. The molecule has 0 saturated heterocycles. The van der Waals surface area contributed by atoms with E-state index in [0.717, 1.165) is 27.0 Å². The summed E-state index contributed by atoms with van der Waals surface area (Å²) in [7, 11) is 0. The topological polar surface area (TPSA) is 45.9 Å². The highest BCUT2D eigenvalue weighted by atomic mass is 79.9. The number of nitrogens with zero attached hydrogens (tertiary/aromatic N) is 2. The summed E-state index contributed by atoms with van der Waals surface area (Å²) >= 11 is 4.88. The Morgan fingerprint density at radius 3 is 2.56 bits per heavy atom. The van der Waals surface area contributed by atoms with Crippen LogP contribution in [0.25, 0.3) is 22.9 Å². The van der Waals surface area contributed by atoms with Crippen LogP contribution in [0.3, 0.4) is 0 Å². The van der Waals surface area contributed by atoms with E-state index in [1.54, 1.807) is 0 Å². The first-order chi connectivity index (χ1) is 12.2. The highest BCUT2D eigenvalue weighted by molar-refractivity contribution is 9.10. The molecule has 0 spiro atoms. The Hall–Kier alpha value is -2.42. The molecule has 124 valence electrons. The highest BCUT2D eigenvalue weighted by Gasteiger charge is 2.09. The van der Waals surface area contributed by atoms with Crippen LogP contribution < -0.4 is 4.74 Å². The summed E-state index contributed by atoms with van der Waals surface area (Å²) in [6, 6.07) is 17.9. The van der Waals surface area contributed by atoms with Crippen LogP contribution in [0.15, 0.2) is 58.4 Å². The van der Waals surface area contributed by atoms with Crippen molar-refractivity contribution in [3.05, 3.63) is 69.0 Å². The molecule has 25 heavy (non-hydrogen) atoms. The molecular formula is C20H15BrN2OS. The first-order valence-electron chi connectivity index (χ1n) is 7.76. The Morgan fingerprint density at radius 2 is 1.92 bits per heavy atom. The molecule has 1 heterocycles. The van der Waals surface area contributed by atoms with Crippen molar-refractivity contribution < 1.29 is 4.74 Å². The fourth-order valence-electron chi connectivity index (χ4n) is 2.29. The zero-order chi connectivity index (χ0) is 17.6. The number of ether oxygens (including phenoxy) is 1. The number of hydrogen-bond donors (Lipinski definition) is 0. The number of allylic oxidation sites excluding steroid dienone is 1. The molecule has 0 amide bonds. The average Bonchev–Trinajstić information content (AvgIpc) is 3.12. The van der Waals surface area contributed by atoms with Crippen molar-refractivity contribution in [1.29, 1.82) is 5.26 Å². The number of thiazole rings is 1. The normalized spacial score (nSPS) is 11.2. The molecule has 3 aromatic rings. The summed E-state index contributed by atoms with van der Waals surface area (Å²) in [4.78, 5) is 4.62. The van der Waals surface area contributed by atoms with Gasteiger partial charge in [-0.3, -0.25) is 0 Å². The highest BCUT2D eigenvalue weighted by Crippen LogP contribution is 2.28. The van der Waals surface area contributed by atoms with Crippen LogP contribution in [0.1, 0.15) is 17.5 Å². The molecule has 0 saturated carbocycles. The van der Waals surface area contributed by atoms with Crippen LogP contribution in [0.4, 0.5) is 0 Å². The van der Waals surface area contributed by atoms with Crippen LogP contribution >= 0.6 is 27.3 Å². The van der Waals surface area contributed by atoms with Crippen molar-refractivity contribution in [3.63, 3.8) is 0 Å². The number of aromatic nitrogens is 1. The second-order valence-corrected chi connectivity index (χ2v) is 6.99. The minimum atomic E-state index is 0.560. The van der Waals surface area contributed by atoms with E-state index in [4.69, 9.17) is 4.74 Å². The molecule has 0 aliphatic carbocycles. The van der Waals surface area contributed by atoms with Gasteiger partial charge < -0.3 is 4.74 Å². The van der Waals surface area contributed by atoms with Gasteiger partial charge in [-0.15, -0.1) is 11.3 Å². The van der Waals surface area contributed by atoms with Crippen LogP contribution in [-0.2, 0) is 0 Å². The lowest BCUT2D eigenvalue weighted by Crippen LogP contribution is -1.90. The molecule has 0 atom stereocenters. The predicted octanol–water partition coefficient (Wildman–Crippen LogP) is 6.04. The Bertz CT molecular complexity index is 922. The third kappa shape index (κ3) is 4.36. The van der Waals surface area contributed by atoms with Crippen molar-refractivity contribution in [3.8, 4) is 23.1 Å². The zero-order valence-electron chi connectivity index (χ0n) is 13.6.